The van der Waals surface area contributed by atoms with Crippen LogP contribution in [0.2, 0.25) is 0 Å². The summed E-state index contributed by atoms with van der Waals surface area (Å²) in [6.07, 6.45) is 3.65. The molecule has 0 saturated heterocycles. The lowest BCUT2D eigenvalue weighted by Gasteiger charge is -2.07. The van der Waals surface area contributed by atoms with Crippen LogP contribution in [0.4, 0.5) is 0 Å². The van der Waals surface area contributed by atoms with E-state index >= 15 is 0 Å². The van der Waals surface area contributed by atoms with Crippen LogP contribution in [0.25, 0.3) is 6.08 Å². The molecule has 4 heteroatoms. The second-order valence-corrected chi connectivity index (χ2v) is 3.27. The second-order valence-electron chi connectivity index (χ2n) is 2.96. The minimum atomic E-state index is -0.406. The van der Waals surface area contributed by atoms with Crippen molar-refractivity contribution in [3.05, 3.63) is 35.9 Å². The summed E-state index contributed by atoms with van der Waals surface area (Å²) in [7, 11) is 1.32. The first kappa shape index (κ1) is 12.6. The summed E-state index contributed by atoms with van der Waals surface area (Å²) in [5, 5.41) is 0. The van der Waals surface area contributed by atoms with Crippen molar-refractivity contribution in [2.24, 2.45) is 0 Å². The van der Waals surface area contributed by atoms with Crippen LogP contribution in [0.5, 0.6) is 5.75 Å². The molecule has 0 bridgehead atoms. The van der Waals surface area contributed by atoms with E-state index in [1.807, 2.05) is 30.4 Å². The number of carbonyl (C=O) groups is 1. The van der Waals surface area contributed by atoms with Crippen LogP contribution in [0.15, 0.2) is 30.3 Å². The molecule has 16 heavy (non-hydrogen) atoms. The number of hydrogen-bond acceptors (Lipinski definition) is 3. The number of para-hydroxylation sites is 1. The number of alkyl halides is 1. The first-order chi connectivity index (χ1) is 7.77. The van der Waals surface area contributed by atoms with Gasteiger partial charge in [0.1, 0.15) is 5.75 Å². The maximum Gasteiger partial charge on any atom is 0.343 e. The molecule has 1 rings (SSSR count). The number of allylic oxidation sites excluding steroid dienone is 1. The largest absolute Gasteiger partial charge is 0.481 e. The summed E-state index contributed by atoms with van der Waals surface area (Å²) in [6, 6.07) is 7.40. The highest BCUT2D eigenvalue weighted by Crippen LogP contribution is 2.19. The van der Waals surface area contributed by atoms with Crippen molar-refractivity contribution in [3.8, 4) is 5.75 Å². The van der Waals surface area contributed by atoms with Crippen LogP contribution in [0.1, 0.15) is 5.56 Å². The Kier molecular flexibility index (Phi) is 5.43. The summed E-state index contributed by atoms with van der Waals surface area (Å²) in [5.41, 5.74) is 0.882. The molecule has 0 unspecified atom stereocenters. The highest BCUT2D eigenvalue weighted by molar-refractivity contribution is 6.19. The number of rotatable bonds is 5. The van der Waals surface area contributed by atoms with Crippen LogP contribution < -0.4 is 4.74 Å². The fourth-order valence-electron chi connectivity index (χ4n) is 1.12. The van der Waals surface area contributed by atoms with Crippen LogP contribution in [-0.4, -0.2) is 25.6 Å². The molecule has 0 aromatic heterocycles. The Hall–Kier alpha value is -1.48. The van der Waals surface area contributed by atoms with Gasteiger partial charge in [0.25, 0.3) is 0 Å². The minimum Gasteiger partial charge on any atom is -0.481 e. The topological polar surface area (TPSA) is 35.5 Å². The smallest absolute Gasteiger partial charge is 0.343 e. The summed E-state index contributed by atoms with van der Waals surface area (Å²) in [6.45, 7) is -0.0950. The number of halogens is 1. The zero-order valence-electron chi connectivity index (χ0n) is 8.98. The number of benzene rings is 1. The van der Waals surface area contributed by atoms with E-state index in [1.54, 1.807) is 6.07 Å². The van der Waals surface area contributed by atoms with Crippen molar-refractivity contribution in [1.82, 2.24) is 0 Å². The van der Waals surface area contributed by atoms with E-state index in [0.29, 0.717) is 11.6 Å². The third-order valence-electron chi connectivity index (χ3n) is 1.88. The Labute approximate surface area is 99.6 Å². The highest BCUT2D eigenvalue weighted by atomic mass is 35.5. The molecule has 1 aromatic carbocycles. The average molecular weight is 241 g/mol. The monoisotopic (exact) mass is 240 g/mol. The van der Waals surface area contributed by atoms with Gasteiger partial charge in [-0.3, -0.25) is 0 Å². The number of ether oxygens (including phenoxy) is 2. The number of esters is 1. The summed E-state index contributed by atoms with van der Waals surface area (Å²) in [5.74, 6) is 0.663. The molecule has 0 spiro atoms. The van der Waals surface area contributed by atoms with Gasteiger partial charge in [0, 0.05) is 11.4 Å². The van der Waals surface area contributed by atoms with Gasteiger partial charge in [0.2, 0.25) is 0 Å². The van der Waals surface area contributed by atoms with E-state index in [-0.39, 0.29) is 6.61 Å². The van der Waals surface area contributed by atoms with E-state index in [0.717, 1.165) is 5.56 Å². The third kappa shape index (κ3) is 3.95. The summed E-state index contributed by atoms with van der Waals surface area (Å²) < 4.78 is 9.81. The van der Waals surface area contributed by atoms with Crippen molar-refractivity contribution in [2.75, 3.05) is 19.6 Å². The van der Waals surface area contributed by atoms with Gasteiger partial charge >= 0.3 is 5.97 Å². The molecule has 0 saturated carbocycles. The van der Waals surface area contributed by atoms with Gasteiger partial charge in [-0.15, -0.1) is 11.6 Å². The Morgan fingerprint density at radius 1 is 1.44 bits per heavy atom. The fourth-order valence-corrected chi connectivity index (χ4v) is 1.21. The zero-order valence-corrected chi connectivity index (χ0v) is 9.74. The number of methoxy groups -OCH3 is 1. The van der Waals surface area contributed by atoms with Gasteiger partial charge in [-0.05, 0) is 6.07 Å². The molecule has 0 amide bonds. The lowest BCUT2D eigenvalue weighted by Crippen LogP contribution is -2.12. The molecule has 0 heterocycles. The van der Waals surface area contributed by atoms with E-state index < -0.39 is 5.97 Å². The first-order valence-electron chi connectivity index (χ1n) is 4.79. The molecule has 0 fully saturated rings. The quantitative estimate of drug-likeness (QED) is 0.586. The summed E-state index contributed by atoms with van der Waals surface area (Å²) in [4.78, 5) is 10.9. The molecule has 1 aromatic rings. The van der Waals surface area contributed by atoms with E-state index in [9.17, 15) is 4.79 Å². The molecule has 0 atom stereocenters. The molecular formula is C12H13ClO3. The Balaban J connectivity index is 2.71. The molecule has 0 aliphatic heterocycles. The van der Waals surface area contributed by atoms with Crippen molar-refractivity contribution >= 4 is 23.6 Å². The van der Waals surface area contributed by atoms with Gasteiger partial charge in [0.15, 0.2) is 6.61 Å². The lowest BCUT2D eigenvalue weighted by molar-refractivity contribution is -0.142. The normalized spacial score (nSPS) is 10.4. The van der Waals surface area contributed by atoms with Crippen molar-refractivity contribution in [2.45, 2.75) is 0 Å². The van der Waals surface area contributed by atoms with Crippen molar-refractivity contribution in [3.63, 3.8) is 0 Å². The SMILES string of the molecule is COC(=O)COc1ccccc1C=CCCl. The van der Waals surface area contributed by atoms with Crippen LogP contribution in [0, 0.1) is 0 Å². The van der Waals surface area contributed by atoms with Crippen LogP contribution >= 0.6 is 11.6 Å². The third-order valence-corrected chi connectivity index (χ3v) is 2.06. The van der Waals surface area contributed by atoms with Crippen LogP contribution in [0.3, 0.4) is 0 Å². The molecule has 0 N–H and O–H groups in total. The molecule has 86 valence electrons. The standard InChI is InChI=1S/C12H13ClO3/c1-15-12(14)9-16-11-7-3-2-5-10(11)6-4-8-13/h2-7H,8-9H2,1H3. The lowest BCUT2D eigenvalue weighted by atomic mass is 10.2. The Bertz CT molecular complexity index is 374. The average Bonchev–Trinajstić information content (AvgIpc) is 2.34. The van der Waals surface area contributed by atoms with Gasteiger partial charge in [0.05, 0.1) is 7.11 Å². The zero-order chi connectivity index (χ0) is 11.8. The molecular weight excluding hydrogens is 228 g/mol. The molecule has 0 aliphatic carbocycles. The Morgan fingerprint density at radius 3 is 2.88 bits per heavy atom. The van der Waals surface area contributed by atoms with E-state index in [1.165, 1.54) is 7.11 Å². The maximum atomic E-state index is 10.9. The van der Waals surface area contributed by atoms with Gasteiger partial charge in [-0.2, -0.15) is 0 Å². The molecule has 3 nitrogen and oxygen atoms in total. The predicted octanol–water partition coefficient (Wildman–Crippen LogP) is 2.49. The van der Waals surface area contributed by atoms with Gasteiger partial charge in [-0.1, -0.05) is 30.4 Å². The van der Waals surface area contributed by atoms with Gasteiger partial charge in [-0.25, -0.2) is 4.79 Å². The minimum absolute atomic E-state index is 0.0950. The molecule has 0 aliphatic rings. The highest BCUT2D eigenvalue weighted by Gasteiger charge is 2.04. The van der Waals surface area contributed by atoms with E-state index in [4.69, 9.17) is 16.3 Å². The number of hydrogen-bond donors (Lipinski definition) is 0. The first-order valence-corrected chi connectivity index (χ1v) is 5.32. The summed E-state index contributed by atoms with van der Waals surface area (Å²) >= 11 is 5.55. The van der Waals surface area contributed by atoms with Crippen molar-refractivity contribution < 1.29 is 14.3 Å². The maximum absolute atomic E-state index is 10.9. The van der Waals surface area contributed by atoms with Crippen LogP contribution in [-0.2, 0) is 9.53 Å². The second kappa shape index (κ2) is 6.90. The Morgan fingerprint density at radius 2 is 2.19 bits per heavy atom. The van der Waals surface area contributed by atoms with E-state index in [2.05, 4.69) is 4.74 Å². The number of carbonyl (C=O) groups excluding carboxylic acids is 1. The molecule has 0 radical (unpaired) electrons. The predicted molar refractivity (Wildman–Crippen MR) is 63.7 cm³/mol. The van der Waals surface area contributed by atoms with Gasteiger partial charge < -0.3 is 9.47 Å². The fraction of sp³-hybridized carbons (Fsp3) is 0.250. The van der Waals surface area contributed by atoms with Crippen molar-refractivity contribution in [1.29, 1.82) is 0 Å².